The topological polar surface area (TPSA) is 64.6 Å². The fourth-order valence-electron chi connectivity index (χ4n) is 2.86. The predicted molar refractivity (Wildman–Crippen MR) is 104 cm³/mol. The molecule has 0 bridgehead atoms. The highest BCUT2D eigenvalue weighted by Crippen LogP contribution is 2.37. The van der Waals surface area contributed by atoms with Crippen molar-refractivity contribution < 1.29 is 31.8 Å². The highest BCUT2D eigenvalue weighted by molar-refractivity contribution is 5.67. The Morgan fingerprint density at radius 3 is 2.19 bits per heavy atom. The van der Waals surface area contributed by atoms with E-state index in [4.69, 9.17) is 0 Å². The number of aldehydes is 1. The van der Waals surface area contributed by atoms with Crippen molar-refractivity contribution in [3.05, 3.63) is 72.3 Å². The van der Waals surface area contributed by atoms with E-state index in [1.165, 1.54) is 24.5 Å². The van der Waals surface area contributed by atoms with Crippen LogP contribution >= 0.6 is 0 Å². The molecule has 162 valence electrons. The van der Waals surface area contributed by atoms with Crippen LogP contribution in [0, 0.1) is 0 Å². The Bertz CT molecular complexity index is 989. The fraction of sp³-hybridized carbons (Fsp3) is 0.190. The largest absolute Gasteiger partial charge is 0.431 e. The van der Waals surface area contributed by atoms with E-state index >= 15 is 0 Å². The SMILES string of the molecule is O=CCc1ccc(N(Cc2cnccn2)c2ccc(OC(F)F)c(OC(F)F)c2)cc1. The first-order chi connectivity index (χ1) is 15.0. The lowest BCUT2D eigenvalue weighted by Gasteiger charge is -2.26. The van der Waals surface area contributed by atoms with Gasteiger partial charge in [0.15, 0.2) is 11.5 Å². The van der Waals surface area contributed by atoms with Crippen molar-refractivity contribution in [1.82, 2.24) is 9.97 Å². The summed E-state index contributed by atoms with van der Waals surface area (Å²) in [4.78, 5) is 20.7. The lowest BCUT2D eigenvalue weighted by atomic mass is 10.1. The molecule has 0 aliphatic heterocycles. The fourth-order valence-corrected chi connectivity index (χ4v) is 2.86. The summed E-state index contributed by atoms with van der Waals surface area (Å²) in [5, 5.41) is 0. The van der Waals surface area contributed by atoms with Crippen molar-refractivity contribution in [3.8, 4) is 11.5 Å². The number of carbonyl (C=O) groups excluding carboxylic acids is 1. The van der Waals surface area contributed by atoms with Crippen LogP contribution in [-0.2, 0) is 17.8 Å². The third kappa shape index (κ3) is 6.14. The van der Waals surface area contributed by atoms with Crippen molar-refractivity contribution in [1.29, 1.82) is 0 Å². The first-order valence-electron chi connectivity index (χ1n) is 9.05. The number of alkyl halides is 4. The van der Waals surface area contributed by atoms with Crippen molar-refractivity contribution in [2.24, 2.45) is 0 Å². The standard InChI is InChI=1S/C21H17F4N3O3/c22-20(23)30-18-6-5-17(11-19(18)31-21(24)25)28(13-15-12-26-8-9-27-15)16-3-1-14(2-4-16)7-10-29/h1-6,8-12,20-21H,7,13H2. The van der Waals surface area contributed by atoms with Gasteiger partial charge in [-0.15, -0.1) is 0 Å². The van der Waals surface area contributed by atoms with Crippen molar-refractivity contribution in [3.63, 3.8) is 0 Å². The molecule has 0 atom stereocenters. The predicted octanol–water partition coefficient (Wildman–Crippen LogP) is 4.76. The molecule has 2 aromatic carbocycles. The van der Waals surface area contributed by atoms with Crippen molar-refractivity contribution >= 4 is 17.7 Å². The van der Waals surface area contributed by atoms with Gasteiger partial charge in [0.25, 0.3) is 0 Å². The molecule has 0 saturated heterocycles. The summed E-state index contributed by atoms with van der Waals surface area (Å²) in [6, 6.07) is 10.7. The van der Waals surface area contributed by atoms with Gasteiger partial charge in [0.1, 0.15) is 6.29 Å². The Balaban J connectivity index is 2.02. The molecule has 31 heavy (non-hydrogen) atoms. The summed E-state index contributed by atoms with van der Waals surface area (Å²) in [6.45, 7) is -6.23. The maximum absolute atomic E-state index is 12.8. The maximum atomic E-state index is 12.8. The number of nitrogens with zero attached hydrogens (tertiary/aromatic N) is 3. The van der Waals surface area contributed by atoms with E-state index in [1.807, 2.05) is 0 Å². The zero-order valence-corrected chi connectivity index (χ0v) is 16.0. The molecule has 0 radical (unpaired) electrons. The Morgan fingerprint density at radius 2 is 1.58 bits per heavy atom. The monoisotopic (exact) mass is 435 g/mol. The molecule has 0 fully saturated rings. The molecule has 6 nitrogen and oxygen atoms in total. The summed E-state index contributed by atoms with van der Waals surface area (Å²) in [5.41, 5.74) is 2.38. The van der Waals surface area contributed by atoms with E-state index in [0.29, 0.717) is 17.1 Å². The number of rotatable bonds is 10. The Morgan fingerprint density at radius 1 is 0.903 bits per heavy atom. The molecule has 10 heteroatoms. The van der Waals surface area contributed by atoms with Gasteiger partial charge in [0.2, 0.25) is 0 Å². The molecule has 1 heterocycles. The van der Waals surface area contributed by atoms with Gasteiger partial charge in [0.05, 0.1) is 18.4 Å². The first-order valence-corrected chi connectivity index (χ1v) is 9.05. The van der Waals surface area contributed by atoms with Gasteiger partial charge in [-0.1, -0.05) is 12.1 Å². The third-order valence-corrected chi connectivity index (χ3v) is 4.17. The van der Waals surface area contributed by atoms with E-state index in [1.54, 1.807) is 35.4 Å². The Kier molecular flexibility index (Phi) is 7.36. The van der Waals surface area contributed by atoms with Crippen LogP contribution in [0.15, 0.2) is 61.1 Å². The minimum atomic E-state index is -3.23. The van der Waals surface area contributed by atoms with Gasteiger partial charge in [-0.3, -0.25) is 9.97 Å². The zero-order chi connectivity index (χ0) is 22.2. The van der Waals surface area contributed by atoms with Gasteiger partial charge >= 0.3 is 13.2 Å². The van der Waals surface area contributed by atoms with Crippen molar-refractivity contribution in [2.45, 2.75) is 26.2 Å². The average molecular weight is 435 g/mol. The maximum Gasteiger partial charge on any atom is 0.387 e. The minimum absolute atomic E-state index is 0.198. The van der Waals surface area contributed by atoms with Crippen LogP contribution in [-0.4, -0.2) is 29.5 Å². The van der Waals surface area contributed by atoms with Gasteiger partial charge in [0, 0.05) is 36.3 Å². The second kappa shape index (κ2) is 10.4. The third-order valence-electron chi connectivity index (χ3n) is 4.17. The highest BCUT2D eigenvalue weighted by atomic mass is 19.3. The number of hydrogen-bond donors (Lipinski definition) is 0. The minimum Gasteiger partial charge on any atom is -0.431 e. The highest BCUT2D eigenvalue weighted by Gasteiger charge is 2.19. The quantitative estimate of drug-likeness (QED) is 0.338. The summed E-state index contributed by atoms with van der Waals surface area (Å²) >= 11 is 0. The molecule has 0 aliphatic carbocycles. The number of ether oxygens (including phenoxy) is 2. The van der Waals surface area contributed by atoms with Gasteiger partial charge in [-0.25, -0.2) is 0 Å². The molecule has 1 aromatic heterocycles. The van der Waals surface area contributed by atoms with Crippen LogP contribution in [0.1, 0.15) is 11.3 Å². The second-order valence-corrected chi connectivity index (χ2v) is 6.21. The number of halogens is 4. The lowest BCUT2D eigenvalue weighted by molar-refractivity contribution is -0.107. The number of hydrogen-bond acceptors (Lipinski definition) is 6. The van der Waals surface area contributed by atoms with Crippen LogP contribution in [0.3, 0.4) is 0 Å². The molecule has 3 aromatic rings. The molecule has 0 amide bonds. The summed E-state index contributed by atoms with van der Waals surface area (Å²) in [6.07, 6.45) is 5.58. The molecule has 0 N–H and O–H groups in total. The summed E-state index contributed by atoms with van der Waals surface area (Å²) < 4.78 is 59.6. The van der Waals surface area contributed by atoms with E-state index in [9.17, 15) is 22.4 Å². The van der Waals surface area contributed by atoms with Crippen LogP contribution in [0.25, 0.3) is 0 Å². The zero-order valence-electron chi connectivity index (χ0n) is 16.0. The van der Waals surface area contributed by atoms with Crippen LogP contribution < -0.4 is 14.4 Å². The number of aromatic nitrogens is 2. The summed E-state index contributed by atoms with van der Waals surface area (Å²) in [5.74, 6) is -1.05. The average Bonchev–Trinajstić information content (AvgIpc) is 2.74. The molecule has 0 unspecified atom stereocenters. The smallest absolute Gasteiger partial charge is 0.387 e. The normalized spacial score (nSPS) is 10.9. The van der Waals surface area contributed by atoms with Gasteiger partial charge in [-0.05, 0) is 29.8 Å². The van der Waals surface area contributed by atoms with Gasteiger partial charge in [-0.2, -0.15) is 17.6 Å². The van der Waals surface area contributed by atoms with E-state index in [2.05, 4.69) is 19.4 Å². The lowest BCUT2D eigenvalue weighted by Crippen LogP contribution is -2.18. The summed E-state index contributed by atoms with van der Waals surface area (Å²) in [7, 11) is 0. The first kappa shape index (κ1) is 22.0. The number of anilines is 2. The molecular formula is C21H17F4N3O3. The number of carbonyl (C=O) groups is 1. The second-order valence-electron chi connectivity index (χ2n) is 6.21. The van der Waals surface area contributed by atoms with Crippen LogP contribution in [0.5, 0.6) is 11.5 Å². The molecule has 0 saturated carbocycles. The van der Waals surface area contributed by atoms with Crippen LogP contribution in [0.2, 0.25) is 0 Å². The van der Waals surface area contributed by atoms with E-state index < -0.39 is 24.7 Å². The Labute approximate surface area is 175 Å². The van der Waals surface area contributed by atoms with Crippen molar-refractivity contribution in [2.75, 3.05) is 4.90 Å². The molecule has 3 rings (SSSR count). The van der Waals surface area contributed by atoms with Gasteiger partial charge < -0.3 is 19.2 Å². The number of benzene rings is 2. The van der Waals surface area contributed by atoms with E-state index in [0.717, 1.165) is 17.9 Å². The molecule has 0 spiro atoms. The Hall–Kier alpha value is -3.69. The molecule has 0 aliphatic rings. The van der Waals surface area contributed by atoms with E-state index in [-0.39, 0.29) is 13.0 Å². The van der Waals surface area contributed by atoms with Crippen LogP contribution in [0.4, 0.5) is 28.9 Å². The molecular weight excluding hydrogens is 418 g/mol.